The van der Waals surface area contributed by atoms with Crippen LogP contribution >= 0.6 is 0 Å². The van der Waals surface area contributed by atoms with Crippen LogP contribution in [-0.4, -0.2) is 39.4 Å². The number of nitrogens with zero attached hydrogens (tertiary/aromatic N) is 4. The van der Waals surface area contributed by atoms with Gasteiger partial charge >= 0.3 is 0 Å². The van der Waals surface area contributed by atoms with Gasteiger partial charge in [0, 0.05) is 0 Å². The Morgan fingerprint density at radius 3 is 2.48 bits per heavy atom. The van der Waals surface area contributed by atoms with Crippen molar-refractivity contribution >= 4 is 11.4 Å². The molecule has 0 atom stereocenters. The van der Waals surface area contributed by atoms with Crippen molar-refractivity contribution in [3.8, 4) is 0 Å². The number of piperidine rings is 1. The van der Waals surface area contributed by atoms with E-state index >= 15 is 0 Å². The van der Waals surface area contributed by atoms with Crippen molar-refractivity contribution in [3.63, 3.8) is 0 Å². The van der Waals surface area contributed by atoms with Crippen molar-refractivity contribution in [2.75, 3.05) is 19.6 Å². The number of aromatic nitrogens is 1. The van der Waals surface area contributed by atoms with Crippen LogP contribution in [0.5, 0.6) is 0 Å². The fraction of sp³-hybridized carbons (Fsp3) is 0.615. The number of likely N-dealkylation sites (tertiary alicyclic amines) is 1. The van der Waals surface area contributed by atoms with E-state index in [4.69, 9.17) is 0 Å². The fourth-order valence-electron chi connectivity index (χ4n) is 2.57. The maximum atomic E-state index is 11.0. The minimum atomic E-state index is -0.669. The summed E-state index contributed by atoms with van der Waals surface area (Å²) in [4.78, 5) is 26.6. The van der Waals surface area contributed by atoms with E-state index in [0.29, 0.717) is 12.1 Å². The fourth-order valence-corrected chi connectivity index (χ4v) is 2.57. The molecule has 0 aromatic carbocycles. The molecule has 21 heavy (non-hydrogen) atoms. The molecule has 0 N–H and O–H groups in total. The zero-order valence-electron chi connectivity index (χ0n) is 11.7. The average molecular weight is 294 g/mol. The highest BCUT2D eigenvalue weighted by molar-refractivity contribution is 5.44. The van der Waals surface area contributed by atoms with E-state index < -0.39 is 9.85 Å². The molecule has 1 saturated heterocycles. The second kappa shape index (κ2) is 7.07. The Kier molecular flexibility index (Phi) is 5.15. The second-order valence-electron chi connectivity index (χ2n) is 5.18. The van der Waals surface area contributed by atoms with E-state index in [1.54, 1.807) is 0 Å². The van der Waals surface area contributed by atoms with E-state index in [1.807, 2.05) is 0 Å². The van der Waals surface area contributed by atoms with Crippen LogP contribution in [0.3, 0.4) is 0 Å². The lowest BCUT2D eigenvalue weighted by Crippen LogP contribution is -2.30. The van der Waals surface area contributed by atoms with E-state index in [1.165, 1.54) is 19.3 Å². The van der Waals surface area contributed by atoms with E-state index in [-0.39, 0.29) is 11.4 Å². The van der Waals surface area contributed by atoms with E-state index in [0.717, 1.165) is 38.3 Å². The number of hydrogen-bond donors (Lipinski definition) is 0. The predicted octanol–water partition coefficient (Wildman–Crippen LogP) is 2.32. The summed E-state index contributed by atoms with van der Waals surface area (Å²) in [6.07, 6.45) is 6.00. The monoisotopic (exact) mass is 294 g/mol. The first-order valence-electron chi connectivity index (χ1n) is 7.08. The number of hydrogen-bond acceptors (Lipinski definition) is 6. The zero-order valence-corrected chi connectivity index (χ0v) is 11.7. The summed E-state index contributed by atoms with van der Waals surface area (Å²) in [5.41, 5.74) is -0.285. The standard InChI is InChI=1S/C13H18N4O4/c18-16(19)11-9-13(17(20)21)12(14-10-11)5-4-8-15-6-2-1-3-7-15/h9-10H,1-8H2. The molecular formula is C13H18N4O4. The molecule has 0 unspecified atom stereocenters. The summed E-state index contributed by atoms with van der Waals surface area (Å²) in [5.74, 6) is 0. The maximum Gasteiger partial charge on any atom is 0.297 e. The molecule has 8 heteroatoms. The summed E-state index contributed by atoms with van der Waals surface area (Å²) in [6.45, 7) is 3.04. The smallest absolute Gasteiger partial charge is 0.297 e. The molecule has 1 fully saturated rings. The highest BCUT2D eigenvalue weighted by Crippen LogP contribution is 2.23. The highest BCUT2D eigenvalue weighted by atomic mass is 16.6. The van der Waals surface area contributed by atoms with Crippen molar-refractivity contribution in [3.05, 3.63) is 38.2 Å². The van der Waals surface area contributed by atoms with Crippen molar-refractivity contribution in [1.82, 2.24) is 9.88 Å². The Morgan fingerprint density at radius 2 is 1.86 bits per heavy atom. The first kappa shape index (κ1) is 15.3. The van der Waals surface area contributed by atoms with Crippen LogP contribution in [0.2, 0.25) is 0 Å². The Hall–Kier alpha value is -2.09. The van der Waals surface area contributed by atoms with Crippen LogP contribution in [0.1, 0.15) is 31.4 Å². The van der Waals surface area contributed by atoms with Crippen LogP contribution in [0.15, 0.2) is 12.3 Å². The first-order chi connectivity index (χ1) is 10.1. The van der Waals surface area contributed by atoms with Gasteiger partial charge in [-0.15, -0.1) is 0 Å². The molecule has 0 bridgehead atoms. The number of aryl methyl sites for hydroxylation is 1. The molecule has 1 aliphatic heterocycles. The van der Waals surface area contributed by atoms with E-state index in [9.17, 15) is 20.2 Å². The van der Waals surface area contributed by atoms with Gasteiger partial charge in [0.25, 0.3) is 11.4 Å². The molecule has 2 rings (SSSR count). The van der Waals surface area contributed by atoms with Crippen molar-refractivity contribution < 1.29 is 9.85 Å². The zero-order chi connectivity index (χ0) is 15.2. The van der Waals surface area contributed by atoms with Crippen LogP contribution in [0.25, 0.3) is 0 Å². The lowest BCUT2D eigenvalue weighted by atomic mass is 10.1. The molecule has 114 valence electrons. The minimum Gasteiger partial charge on any atom is -0.303 e. The Balaban J connectivity index is 1.98. The van der Waals surface area contributed by atoms with Gasteiger partial charge in [-0.3, -0.25) is 20.2 Å². The van der Waals surface area contributed by atoms with Gasteiger partial charge in [0.05, 0.1) is 15.9 Å². The molecule has 0 spiro atoms. The van der Waals surface area contributed by atoms with Crippen LogP contribution in [0, 0.1) is 20.2 Å². The third kappa shape index (κ3) is 4.19. The second-order valence-corrected chi connectivity index (χ2v) is 5.18. The van der Waals surface area contributed by atoms with Gasteiger partial charge < -0.3 is 4.90 Å². The third-order valence-electron chi connectivity index (χ3n) is 3.68. The summed E-state index contributed by atoms with van der Waals surface area (Å²) in [5, 5.41) is 21.6. The Labute approximate surface area is 122 Å². The van der Waals surface area contributed by atoms with Crippen molar-refractivity contribution in [2.24, 2.45) is 0 Å². The molecule has 0 amide bonds. The van der Waals surface area contributed by atoms with Gasteiger partial charge in [-0.25, -0.2) is 4.98 Å². The predicted molar refractivity (Wildman–Crippen MR) is 76.2 cm³/mol. The van der Waals surface area contributed by atoms with Crippen LogP contribution < -0.4 is 0 Å². The summed E-state index contributed by atoms with van der Waals surface area (Å²) >= 11 is 0. The molecule has 0 saturated carbocycles. The van der Waals surface area contributed by atoms with Gasteiger partial charge in [-0.05, 0) is 45.3 Å². The number of pyridine rings is 1. The number of nitro groups is 2. The van der Waals surface area contributed by atoms with Gasteiger partial charge in [0.15, 0.2) is 0 Å². The molecule has 1 aliphatic rings. The lowest BCUT2D eigenvalue weighted by molar-refractivity contribution is -0.395. The highest BCUT2D eigenvalue weighted by Gasteiger charge is 2.20. The Morgan fingerprint density at radius 1 is 1.14 bits per heavy atom. The average Bonchev–Trinajstić information content (AvgIpc) is 2.48. The molecule has 8 nitrogen and oxygen atoms in total. The maximum absolute atomic E-state index is 11.0. The van der Waals surface area contributed by atoms with Crippen LogP contribution in [0.4, 0.5) is 11.4 Å². The van der Waals surface area contributed by atoms with Crippen molar-refractivity contribution in [2.45, 2.75) is 32.1 Å². The van der Waals surface area contributed by atoms with Gasteiger partial charge in [0.2, 0.25) is 0 Å². The molecule has 0 aliphatic carbocycles. The summed E-state index contributed by atoms with van der Waals surface area (Å²) in [6, 6.07) is 0.989. The molecule has 0 radical (unpaired) electrons. The minimum absolute atomic E-state index is 0.261. The Bertz CT molecular complexity index is 529. The topological polar surface area (TPSA) is 102 Å². The van der Waals surface area contributed by atoms with Crippen molar-refractivity contribution in [1.29, 1.82) is 0 Å². The largest absolute Gasteiger partial charge is 0.303 e. The molecular weight excluding hydrogens is 276 g/mol. The van der Waals surface area contributed by atoms with Gasteiger partial charge in [-0.2, -0.15) is 0 Å². The van der Waals surface area contributed by atoms with Gasteiger partial charge in [-0.1, -0.05) is 6.42 Å². The SMILES string of the molecule is O=[N+]([O-])c1cnc(CCCN2CCCCC2)c([N+](=O)[O-])c1. The molecule has 1 aromatic rings. The molecule has 1 aromatic heterocycles. The van der Waals surface area contributed by atoms with Gasteiger partial charge in [0.1, 0.15) is 11.9 Å². The summed E-state index contributed by atoms with van der Waals surface area (Å²) < 4.78 is 0. The first-order valence-corrected chi connectivity index (χ1v) is 7.08. The number of rotatable bonds is 6. The molecule has 2 heterocycles. The summed E-state index contributed by atoms with van der Waals surface area (Å²) in [7, 11) is 0. The lowest BCUT2D eigenvalue weighted by Gasteiger charge is -2.26. The quantitative estimate of drug-likeness (QED) is 0.589. The third-order valence-corrected chi connectivity index (χ3v) is 3.68. The normalized spacial score (nSPS) is 15.8. The van der Waals surface area contributed by atoms with E-state index in [2.05, 4.69) is 9.88 Å². The van der Waals surface area contributed by atoms with Crippen LogP contribution in [-0.2, 0) is 6.42 Å².